The van der Waals surface area contributed by atoms with Crippen LogP contribution in [0.1, 0.15) is 41.4 Å². The lowest BCUT2D eigenvalue weighted by atomic mass is 10.1. The Balaban J connectivity index is 0.865. The summed E-state index contributed by atoms with van der Waals surface area (Å²) in [5.74, 6) is -1.87. The second-order valence-electron chi connectivity index (χ2n) is 10.7. The molecule has 0 aromatic heterocycles. The molecule has 2 aliphatic rings. The van der Waals surface area contributed by atoms with Gasteiger partial charge in [0.15, 0.2) is 0 Å². The fourth-order valence-corrected chi connectivity index (χ4v) is 5.45. The van der Waals surface area contributed by atoms with E-state index in [4.69, 9.17) is 18.9 Å². The number of hydrogen-bond donors (Lipinski definition) is 0. The van der Waals surface area contributed by atoms with E-state index in [-0.39, 0.29) is 60.1 Å². The van der Waals surface area contributed by atoms with Gasteiger partial charge in [0.1, 0.15) is 35.8 Å². The highest BCUT2D eigenvalue weighted by molar-refractivity contribution is 6.36. The summed E-state index contributed by atoms with van der Waals surface area (Å²) >= 11 is 0. The van der Waals surface area contributed by atoms with Gasteiger partial charge in [-0.2, -0.15) is 0 Å². The van der Waals surface area contributed by atoms with Crippen LogP contribution in [0.4, 0.5) is 22.7 Å². The molecule has 0 saturated heterocycles. The Morgan fingerprint density at radius 2 is 0.840 bits per heavy atom. The van der Waals surface area contributed by atoms with E-state index in [1.165, 1.54) is 60.7 Å². The zero-order valence-corrected chi connectivity index (χ0v) is 26.0. The number of benzene rings is 4. The molecule has 0 aliphatic carbocycles. The average molecular weight is 683 g/mol. The van der Waals surface area contributed by atoms with Gasteiger partial charge < -0.3 is 18.9 Å². The number of fused-ring (bicyclic) bond motifs is 2. The highest BCUT2D eigenvalue weighted by Crippen LogP contribution is 2.36. The Labute approximate surface area is 282 Å². The van der Waals surface area contributed by atoms with Crippen molar-refractivity contribution in [2.45, 2.75) is 0 Å². The van der Waals surface area contributed by atoms with Crippen LogP contribution in [0, 0.1) is 20.2 Å². The maximum Gasteiger partial charge on any atom is 0.283 e. The van der Waals surface area contributed by atoms with Crippen molar-refractivity contribution in [3.8, 4) is 11.5 Å². The van der Waals surface area contributed by atoms with Gasteiger partial charge in [-0.15, -0.1) is 0 Å². The smallest absolute Gasteiger partial charge is 0.283 e. The van der Waals surface area contributed by atoms with Gasteiger partial charge in [-0.05, 0) is 60.7 Å². The number of nitro groups is 2. The van der Waals surface area contributed by atoms with E-state index >= 15 is 0 Å². The molecule has 2 aliphatic heterocycles. The molecule has 0 N–H and O–H groups in total. The molecule has 4 aromatic carbocycles. The fraction of sp³-hybridized carbons (Fsp3) is 0.176. The molecule has 16 nitrogen and oxygen atoms in total. The molecule has 254 valence electrons. The molecule has 0 unspecified atom stereocenters. The third-order valence-electron chi connectivity index (χ3n) is 7.73. The molecule has 0 radical (unpaired) electrons. The van der Waals surface area contributed by atoms with Crippen LogP contribution >= 0.6 is 0 Å². The summed E-state index contributed by atoms with van der Waals surface area (Å²) < 4.78 is 22.3. The summed E-state index contributed by atoms with van der Waals surface area (Å²) in [6, 6.07) is 20.2. The second-order valence-corrected chi connectivity index (χ2v) is 10.7. The molecule has 2 heterocycles. The summed E-state index contributed by atoms with van der Waals surface area (Å²) in [7, 11) is 0. The molecule has 0 fully saturated rings. The minimum Gasteiger partial charge on any atom is -0.491 e. The topological polar surface area (TPSA) is 198 Å². The van der Waals surface area contributed by atoms with E-state index in [0.717, 1.165) is 9.80 Å². The predicted octanol–water partition coefficient (Wildman–Crippen LogP) is 4.60. The first kappa shape index (κ1) is 33.4. The van der Waals surface area contributed by atoms with Gasteiger partial charge in [-0.1, -0.05) is 12.1 Å². The number of anilines is 2. The molecule has 0 bridgehead atoms. The van der Waals surface area contributed by atoms with Crippen LogP contribution < -0.4 is 19.3 Å². The van der Waals surface area contributed by atoms with Crippen molar-refractivity contribution in [3.63, 3.8) is 0 Å². The number of hydrogen-bond acceptors (Lipinski definition) is 12. The number of ether oxygens (including phenoxy) is 4. The van der Waals surface area contributed by atoms with Gasteiger partial charge in [-0.3, -0.25) is 39.4 Å². The number of imide groups is 2. The molecule has 0 atom stereocenters. The molecule has 50 heavy (non-hydrogen) atoms. The molecular formula is C34H26N4O12. The summed E-state index contributed by atoms with van der Waals surface area (Å²) in [6.45, 7) is 1.54. The average Bonchev–Trinajstić information content (AvgIpc) is 3.53. The summed E-state index contributed by atoms with van der Waals surface area (Å²) in [6.07, 6.45) is 0. The number of nitro benzene ring substituents is 2. The third kappa shape index (κ3) is 6.47. The SMILES string of the molecule is O=C1c2cccc([N+](=O)[O-])c2C(=O)N1c1ccc(OCCOCCOCCOc2ccc(N3C(=O)c4cccc([N+](=O)[O-])c4C3=O)cc2)cc1. The van der Waals surface area contributed by atoms with Crippen LogP contribution in [0.15, 0.2) is 84.9 Å². The monoisotopic (exact) mass is 682 g/mol. The molecule has 0 saturated carbocycles. The van der Waals surface area contributed by atoms with Crippen molar-refractivity contribution < 1.29 is 48.0 Å². The van der Waals surface area contributed by atoms with Gasteiger partial charge in [0, 0.05) is 12.1 Å². The van der Waals surface area contributed by atoms with Crippen molar-refractivity contribution in [2.75, 3.05) is 49.4 Å². The van der Waals surface area contributed by atoms with Crippen LogP contribution in [-0.2, 0) is 9.47 Å². The fourth-order valence-electron chi connectivity index (χ4n) is 5.45. The Morgan fingerprint density at radius 1 is 0.480 bits per heavy atom. The summed E-state index contributed by atoms with van der Waals surface area (Å²) in [5.41, 5.74) is -0.844. The maximum absolute atomic E-state index is 12.9. The van der Waals surface area contributed by atoms with Crippen molar-refractivity contribution in [3.05, 3.63) is 127 Å². The van der Waals surface area contributed by atoms with Gasteiger partial charge in [-0.25, -0.2) is 9.80 Å². The molecule has 6 rings (SSSR count). The van der Waals surface area contributed by atoms with Crippen molar-refractivity contribution in [1.82, 2.24) is 0 Å². The predicted molar refractivity (Wildman–Crippen MR) is 174 cm³/mol. The molecule has 16 heteroatoms. The van der Waals surface area contributed by atoms with Crippen LogP contribution in [-0.4, -0.2) is 73.1 Å². The molecule has 4 amide bonds. The number of nitrogens with zero attached hydrogens (tertiary/aromatic N) is 4. The Kier molecular flexibility index (Phi) is 9.55. The van der Waals surface area contributed by atoms with Crippen molar-refractivity contribution >= 4 is 46.4 Å². The number of carbonyl (C=O) groups excluding carboxylic acids is 4. The van der Waals surface area contributed by atoms with E-state index in [0.29, 0.717) is 24.7 Å². The Morgan fingerprint density at radius 3 is 1.20 bits per heavy atom. The first-order valence-electron chi connectivity index (χ1n) is 15.1. The Bertz CT molecular complexity index is 1870. The van der Waals surface area contributed by atoms with Gasteiger partial charge in [0.05, 0.1) is 58.8 Å². The largest absolute Gasteiger partial charge is 0.491 e. The molecular weight excluding hydrogens is 656 g/mol. The summed E-state index contributed by atoms with van der Waals surface area (Å²) in [5, 5.41) is 22.7. The second kappa shape index (κ2) is 14.3. The van der Waals surface area contributed by atoms with Crippen molar-refractivity contribution in [2.24, 2.45) is 0 Å². The van der Waals surface area contributed by atoms with E-state index < -0.39 is 44.9 Å². The Hall–Kier alpha value is -6.52. The van der Waals surface area contributed by atoms with E-state index in [1.807, 2.05) is 0 Å². The van der Waals surface area contributed by atoms with E-state index in [1.54, 1.807) is 24.3 Å². The van der Waals surface area contributed by atoms with Gasteiger partial charge >= 0.3 is 0 Å². The van der Waals surface area contributed by atoms with Gasteiger partial charge in [0.25, 0.3) is 35.0 Å². The standard InChI is InChI=1S/C34H26N4O12/c39-31-25-3-1-5-27(37(43)44)29(25)33(41)35(31)21-7-11-23(12-8-21)49-19-17-47-15-16-48-18-20-50-24-13-9-22(10-14-24)36-32(40)26-4-2-6-28(38(45)46)30(26)34(36)42/h1-14H,15-20H2. The lowest BCUT2D eigenvalue weighted by molar-refractivity contribution is -0.385. The first-order chi connectivity index (χ1) is 24.2. The zero-order valence-electron chi connectivity index (χ0n) is 26.0. The van der Waals surface area contributed by atoms with Crippen LogP contribution in [0.2, 0.25) is 0 Å². The van der Waals surface area contributed by atoms with Crippen LogP contribution in [0.25, 0.3) is 0 Å². The number of amides is 4. The number of carbonyl (C=O) groups is 4. The lowest BCUT2D eigenvalue weighted by Crippen LogP contribution is -2.29. The lowest BCUT2D eigenvalue weighted by Gasteiger charge is -2.15. The van der Waals surface area contributed by atoms with Crippen LogP contribution in [0.3, 0.4) is 0 Å². The highest BCUT2D eigenvalue weighted by atomic mass is 16.6. The van der Waals surface area contributed by atoms with E-state index in [2.05, 4.69) is 0 Å². The van der Waals surface area contributed by atoms with Gasteiger partial charge in [0.2, 0.25) is 0 Å². The zero-order chi connectivity index (χ0) is 35.4. The molecule has 0 spiro atoms. The van der Waals surface area contributed by atoms with Crippen LogP contribution in [0.5, 0.6) is 11.5 Å². The van der Waals surface area contributed by atoms with E-state index in [9.17, 15) is 39.4 Å². The van der Waals surface area contributed by atoms with Crippen molar-refractivity contribution in [1.29, 1.82) is 0 Å². The maximum atomic E-state index is 12.9. The minimum absolute atomic E-state index is 0.0218. The minimum atomic E-state index is -0.762. The third-order valence-corrected chi connectivity index (χ3v) is 7.73. The molecule has 4 aromatic rings. The quantitative estimate of drug-likeness (QED) is 0.0732. The normalized spacial score (nSPS) is 13.4. The number of rotatable bonds is 15. The highest BCUT2D eigenvalue weighted by Gasteiger charge is 2.43. The summed E-state index contributed by atoms with van der Waals surface area (Å²) in [4.78, 5) is 74.4. The first-order valence-corrected chi connectivity index (χ1v) is 15.1.